The van der Waals surface area contributed by atoms with Crippen molar-refractivity contribution in [1.82, 2.24) is 14.4 Å². The van der Waals surface area contributed by atoms with Crippen LogP contribution in [0.4, 0.5) is 10.1 Å². The van der Waals surface area contributed by atoms with Crippen LogP contribution in [-0.2, 0) is 10.0 Å². The average Bonchev–Trinajstić information content (AvgIpc) is 3.02. The van der Waals surface area contributed by atoms with Crippen LogP contribution < -0.4 is 4.72 Å². The van der Waals surface area contributed by atoms with Gasteiger partial charge >= 0.3 is 5.00 Å². The summed E-state index contributed by atoms with van der Waals surface area (Å²) < 4.78 is 28.1. The average molecular weight is 366 g/mol. The van der Waals surface area contributed by atoms with Crippen LogP contribution in [0.25, 0.3) is 4.96 Å². The monoisotopic (exact) mass is 365 g/mol. The maximum absolute atomic E-state index is 12.3. The molecule has 3 rings (SSSR count). The van der Waals surface area contributed by atoms with Gasteiger partial charge in [-0.3, -0.25) is 19.2 Å². The molecule has 13 heteroatoms. The first-order chi connectivity index (χ1) is 9.88. The van der Waals surface area contributed by atoms with Gasteiger partial charge in [0.25, 0.3) is 10.0 Å². The van der Waals surface area contributed by atoms with Crippen LogP contribution in [-0.4, -0.2) is 27.7 Å². The van der Waals surface area contributed by atoms with Gasteiger partial charge in [-0.15, -0.1) is 11.3 Å². The highest BCUT2D eigenvalue weighted by molar-refractivity contribution is 7.93. The van der Waals surface area contributed by atoms with Gasteiger partial charge in [0.1, 0.15) is 6.20 Å². The van der Waals surface area contributed by atoms with E-state index in [9.17, 15) is 18.5 Å². The number of nitrogens with one attached hydrogen (secondary N) is 1. The Morgan fingerprint density at radius 1 is 1.48 bits per heavy atom. The minimum atomic E-state index is -4.06. The number of anilines is 1. The van der Waals surface area contributed by atoms with Crippen molar-refractivity contribution in [2.24, 2.45) is 0 Å². The summed E-state index contributed by atoms with van der Waals surface area (Å²) in [7, 11) is -4.06. The number of sulfonamides is 1. The fourth-order valence-corrected chi connectivity index (χ4v) is 4.87. The van der Waals surface area contributed by atoms with E-state index in [0.29, 0.717) is 16.3 Å². The van der Waals surface area contributed by atoms with E-state index in [1.165, 1.54) is 21.9 Å². The van der Waals surface area contributed by atoms with Gasteiger partial charge in [-0.2, -0.15) is 8.42 Å². The Labute approximate surface area is 130 Å². The highest BCUT2D eigenvalue weighted by Gasteiger charge is 2.26. The minimum Gasteiger partial charge on any atom is -0.278 e. The molecule has 0 aliphatic heterocycles. The van der Waals surface area contributed by atoms with Crippen LogP contribution in [0.5, 0.6) is 0 Å². The normalized spacial score (nSPS) is 11.9. The standard InChI is InChI=1S/C8H4ClN5O4S3/c9-5-6(13-1-2-19-8(13)11-5)21(17,18)12-7-10-3-4(20-7)14(15)16/h1-3H,(H,10,12). The third-order valence-corrected chi connectivity index (χ3v) is 5.82. The Bertz CT molecular complexity index is 942. The zero-order valence-corrected chi connectivity index (χ0v) is 13.0. The second kappa shape index (κ2) is 4.91. The Balaban J connectivity index is 2.02. The van der Waals surface area contributed by atoms with Crippen molar-refractivity contribution in [2.75, 3.05) is 4.72 Å². The Kier molecular flexibility index (Phi) is 3.32. The van der Waals surface area contributed by atoms with Crippen molar-refractivity contribution in [2.45, 2.75) is 5.03 Å². The van der Waals surface area contributed by atoms with Crippen molar-refractivity contribution < 1.29 is 13.3 Å². The smallest absolute Gasteiger partial charge is 0.278 e. The van der Waals surface area contributed by atoms with Crippen molar-refractivity contribution >= 4 is 59.4 Å². The summed E-state index contributed by atoms with van der Waals surface area (Å²) in [5, 5.41) is 11.4. The number of rotatable bonds is 4. The van der Waals surface area contributed by atoms with Gasteiger partial charge < -0.3 is 0 Å². The molecule has 0 unspecified atom stereocenters. The molecule has 0 aromatic carbocycles. The van der Waals surface area contributed by atoms with Crippen LogP contribution >= 0.6 is 34.3 Å². The molecule has 3 aromatic heterocycles. The summed E-state index contributed by atoms with van der Waals surface area (Å²) in [5.41, 5.74) is 0. The van der Waals surface area contributed by atoms with E-state index in [1.54, 1.807) is 5.38 Å². The molecule has 9 nitrogen and oxygen atoms in total. The first-order valence-electron chi connectivity index (χ1n) is 5.12. The molecule has 0 bridgehead atoms. The molecule has 3 heterocycles. The number of fused-ring (bicyclic) bond motifs is 1. The van der Waals surface area contributed by atoms with Crippen molar-refractivity contribution in [1.29, 1.82) is 0 Å². The summed E-state index contributed by atoms with van der Waals surface area (Å²) >= 11 is 7.68. The van der Waals surface area contributed by atoms with Gasteiger partial charge in [0.2, 0.25) is 5.13 Å². The molecular weight excluding hydrogens is 362 g/mol. The number of thiazole rings is 2. The van der Waals surface area contributed by atoms with Crippen LogP contribution in [0.1, 0.15) is 0 Å². The van der Waals surface area contributed by atoms with E-state index in [1.807, 2.05) is 0 Å². The lowest BCUT2D eigenvalue weighted by Gasteiger charge is -2.03. The number of aromatic nitrogens is 3. The Morgan fingerprint density at radius 2 is 2.24 bits per heavy atom. The number of imidazole rings is 1. The second-order valence-electron chi connectivity index (χ2n) is 3.63. The highest BCUT2D eigenvalue weighted by Crippen LogP contribution is 2.30. The lowest BCUT2D eigenvalue weighted by atomic mass is 10.9. The summed E-state index contributed by atoms with van der Waals surface area (Å²) in [4.78, 5) is 17.9. The maximum atomic E-state index is 12.3. The topological polar surface area (TPSA) is 119 Å². The zero-order chi connectivity index (χ0) is 15.2. The second-order valence-corrected chi connectivity index (χ2v) is 7.47. The van der Waals surface area contributed by atoms with Crippen molar-refractivity contribution in [3.05, 3.63) is 33.0 Å². The highest BCUT2D eigenvalue weighted by atomic mass is 35.5. The predicted octanol–water partition coefficient (Wildman–Crippen LogP) is 2.21. The molecule has 0 aliphatic rings. The SMILES string of the molecule is O=[N+]([O-])c1cnc(NS(=O)(=O)c2c(Cl)nc3sccn23)s1. The van der Waals surface area contributed by atoms with Crippen LogP contribution in [0, 0.1) is 10.1 Å². The van der Waals surface area contributed by atoms with Crippen molar-refractivity contribution in [3.8, 4) is 0 Å². The number of nitro groups is 1. The molecular formula is C8H4ClN5O4S3. The van der Waals surface area contributed by atoms with E-state index in [-0.39, 0.29) is 20.3 Å². The third kappa shape index (κ3) is 2.46. The molecule has 0 saturated carbocycles. The Hall–Kier alpha value is -1.76. The van der Waals surface area contributed by atoms with Gasteiger partial charge in [-0.1, -0.05) is 11.6 Å². The Morgan fingerprint density at radius 3 is 2.90 bits per heavy atom. The van der Waals surface area contributed by atoms with Crippen LogP contribution in [0.15, 0.2) is 22.8 Å². The van der Waals surface area contributed by atoms with Crippen LogP contribution in [0.3, 0.4) is 0 Å². The lowest BCUT2D eigenvalue weighted by molar-refractivity contribution is -0.380. The molecule has 1 N–H and O–H groups in total. The first-order valence-corrected chi connectivity index (χ1v) is 8.68. The largest absolute Gasteiger partial charge is 0.345 e. The molecule has 0 fully saturated rings. The predicted molar refractivity (Wildman–Crippen MR) is 77.7 cm³/mol. The van der Waals surface area contributed by atoms with E-state index in [0.717, 1.165) is 6.20 Å². The lowest BCUT2D eigenvalue weighted by Crippen LogP contribution is -2.15. The number of nitrogens with zero attached hydrogens (tertiary/aromatic N) is 4. The summed E-state index contributed by atoms with van der Waals surface area (Å²) in [6.45, 7) is 0. The fourth-order valence-electron chi connectivity index (χ4n) is 1.54. The van der Waals surface area contributed by atoms with Gasteiger partial charge in [0.15, 0.2) is 15.1 Å². The molecule has 0 spiro atoms. The summed E-state index contributed by atoms with van der Waals surface area (Å²) in [6.07, 6.45) is 2.48. The van der Waals surface area contributed by atoms with E-state index in [2.05, 4.69) is 14.7 Å². The van der Waals surface area contributed by atoms with Gasteiger partial charge in [-0.25, -0.2) is 9.97 Å². The zero-order valence-electron chi connectivity index (χ0n) is 9.76. The molecule has 0 amide bonds. The molecule has 21 heavy (non-hydrogen) atoms. The maximum Gasteiger partial charge on any atom is 0.345 e. The van der Waals surface area contributed by atoms with Gasteiger partial charge in [-0.05, 0) is 11.3 Å². The molecule has 0 radical (unpaired) electrons. The summed E-state index contributed by atoms with van der Waals surface area (Å²) in [6, 6.07) is 0. The quantitative estimate of drug-likeness (QED) is 0.559. The summed E-state index contributed by atoms with van der Waals surface area (Å²) in [5.74, 6) is 0. The van der Waals surface area contributed by atoms with E-state index < -0.39 is 14.9 Å². The van der Waals surface area contributed by atoms with Crippen LogP contribution in [0.2, 0.25) is 5.15 Å². The molecule has 110 valence electrons. The van der Waals surface area contributed by atoms with Crippen molar-refractivity contribution in [3.63, 3.8) is 0 Å². The number of hydrogen-bond acceptors (Lipinski definition) is 8. The van der Waals surface area contributed by atoms with Gasteiger partial charge in [0.05, 0.1) is 4.92 Å². The molecule has 0 saturated heterocycles. The number of halogens is 1. The minimum absolute atomic E-state index is 0.122. The molecule has 3 aromatic rings. The first kappa shape index (κ1) is 14.2. The van der Waals surface area contributed by atoms with E-state index in [4.69, 9.17) is 11.6 Å². The molecule has 0 atom stereocenters. The molecule has 0 aliphatic carbocycles. The van der Waals surface area contributed by atoms with E-state index >= 15 is 0 Å². The van der Waals surface area contributed by atoms with Gasteiger partial charge in [0, 0.05) is 11.6 Å². The third-order valence-electron chi connectivity index (χ3n) is 2.33. The number of hydrogen-bond donors (Lipinski definition) is 1. The fraction of sp³-hybridized carbons (Fsp3) is 0.